The Morgan fingerprint density at radius 1 is 1.47 bits per heavy atom. The fourth-order valence-electron chi connectivity index (χ4n) is 1.51. The van der Waals surface area contributed by atoms with Crippen LogP contribution < -0.4 is 11.1 Å². The van der Waals surface area contributed by atoms with E-state index in [0.717, 1.165) is 30.4 Å². The molecule has 0 spiro atoms. The van der Waals surface area contributed by atoms with Crippen molar-refractivity contribution in [3.05, 3.63) is 34.3 Å². The van der Waals surface area contributed by atoms with Crippen LogP contribution in [0.5, 0.6) is 0 Å². The van der Waals surface area contributed by atoms with Crippen LogP contribution in [0.25, 0.3) is 0 Å². The van der Waals surface area contributed by atoms with E-state index >= 15 is 0 Å². The number of halogens is 1. The summed E-state index contributed by atoms with van der Waals surface area (Å²) >= 11 is 3.47. The van der Waals surface area contributed by atoms with Gasteiger partial charge >= 0.3 is 0 Å². The summed E-state index contributed by atoms with van der Waals surface area (Å²) in [6.07, 6.45) is 2.10. The van der Waals surface area contributed by atoms with Crippen molar-refractivity contribution in [2.45, 2.75) is 25.8 Å². The number of hydrogen-bond donors (Lipinski definition) is 2. The summed E-state index contributed by atoms with van der Waals surface area (Å²) in [7, 11) is 0. The van der Waals surface area contributed by atoms with Crippen LogP contribution >= 0.6 is 15.9 Å². The molecule has 1 aromatic carbocycles. The summed E-state index contributed by atoms with van der Waals surface area (Å²) in [5.74, 6) is 0. The molecule has 0 saturated carbocycles. The lowest BCUT2D eigenvalue weighted by atomic mass is 10.1. The predicted molar refractivity (Wildman–Crippen MR) is 69.0 cm³/mol. The molecule has 0 saturated heterocycles. The van der Waals surface area contributed by atoms with E-state index in [1.807, 2.05) is 6.07 Å². The standard InChI is InChI=1S/C12H19BrN2/c1-10(5-7-14)15-8-6-11-3-2-4-12(13)9-11/h2-4,9-10,15H,5-8,14H2,1H3. The Bertz CT molecular complexity index is 289. The van der Waals surface area contributed by atoms with Gasteiger partial charge in [-0.15, -0.1) is 0 Å². The van der Waals surface area contributed by atoms with Gasteiger partial charge in [0.1, 0.15) is 0 Å². The molecule has 0 heterocycles. The van der Waals surface area contributed by atoms with Gasteiger partial charge in [-0.2, -0.15) is 0 Å². The van der Waals surface area contributed by atoms with Crippen LogP contribution in [0.15, 0.2) is 28.7 Å². The molecule has 0 aromatic heterocycles. The van der Waals surface area contributed by atoms with Gasteiger partial charge in [-0.1, -0.05) is 28.1 Å². The maximum absolute atomic E-state index is 5.49. The van der Waals surface area contributed by atoms with Crippen LogP contribution in [0.2, 0.25) is 0 Å². The van der Waals surface area contributed by atoms with Crippen LogP contribution in [-0.4, -0.2) is 19.1 Å². The molecule has 0 bridgehead atoms. The molecule has 0 aliphatic carbocycles. The Hall–Kier alpha value is -0.380. The van der Waals surface area contributed by atoms with Gasteiger partial charge in [-0.05, 0) is 50.6 Å². The Kier molecular flexibility index (Phi) is 5.91. The highest BCUT2D eigenvalue weighted by Crippen LogP contribution is 2.11. The third-order valence-electron chi connectivity index (χ3n) is 2.40. The van der Waals surface area contributed by atoms with Crippen LogP contribution in [0.1, 0.15) is 18.9 Å². The molecule has 3 heteroatoms. The molecule has 1 unspecified atom stereocenters. The van der Waals surface area contributed by atoms with Crippen molar-refractivity contribution < 1.29 is 0 Å². The highest BCUT2D eigenvalue weighted by Gasteiger charge is 1.99. The van der Waals surface area contributed by atoms with E-state index in [1.165, 1.54) is 5.56 Å². The molecule has 0 aliphatic rings. The lowest BCUT2D eigenvalue weighted by Gasteiger charge is -2.12. The molecule has 0 aliphatic heterocycles. The molecule has 1 atom stereocenters. The fraction of sp³-hybridized carbons (Fsp3) is 0.500. The van der Waals surface area contributed by atoms with E-state index in [1.54, 1.807) is 0 Å². The highest BCUT2D eigenvalue weighted by atomic mass is 79.9. The lowest BCUT2D eigenvalue weighted by Crippen LogP contribution is -2.30. The van der Waals surface area contributed by atoms with E-state index < -0.39 is 0 Å². The summed E-state index contributed by atoms with van der Waals surface area (Å²) in [5, 5.41) is 3.46. The molecule has 0 amide bonds. The monoisotopic (exact) mass is 270 g/mol. The first-order valence-electron chi connectivity index (χ1n) is 5.40. The van der Waals surface area contributed by atoms with Gasteiger partial charge in [0.15, 0.2) is 0 Å². The van der Waals surface area contributed by atoms with Crippen LogP contribution in [-0.2, 0) is 6.42 Å². The highest BCUT2D eigenvalue weighted by molar-refractivity contribution is 9.10. The lowest BCUT2D eigenvalue weighted by molar-refractivity contribution is 0.523. The quantitative estimate of drug-likeness (QED) is 0.833. The number of rotatable bonds is 6. The van der Waals surface area contributed by atoms with E-state index in [9.17, 15) is 0 Å². The molecule has 1 aromatic rings. The molecule has 1 rings (SSSR count). The van der Waals surface area contributed by atoms with E-state index in [2.05, 4.69) is 46.4 Å². The van der Waals surface area contributed by atoms with E-state index in [0.29, 0.717) is 6.04 Å². The summed E-state index contributed by atoms with van der Waals surface area (Å²) in [6.45, 7) is 3.94. The fourth-order valence-corrected chi connectivity index (χ4v) is 1.95. The Labute approximate surface area is 100 Å². The third kappa shape index (κ3) is 5.30. The Morgan fingerprint density at radius 2 is 2.27 bits per heavy atom. The smallest absolute Gasteiger partial charge is 0.0178 e. The van der Waals surface area contributed by atoms with Gasteiger partial charge in [-0.3, -0.25) is 0 Å². The second-order valence-electron chi connectivity index (χ2n) is 3.81. The van der Waals surface area contributed by atoms with Gasteiger partial charge < -0.3 is 11.1 Å². The van der Waals surface area contributed by atoms with E-state index in [4.69, 9.17) is 5.73 Å². The van der Waals surface area contributed by atoms with E-state index in [-0.39, 0.29) is 0 Å². The minimum atomic E-state index is 0.516. The first kappa shape index (κ1) is 12.7. The third-order valence-corrected chi connectivity index (χ3v) is 2.89. The number of nitrogens with one attached hydrogen (secondary N) is 1. The van der Waals surface area contributed by atoms with Gasteiger partial charge in [0.25, 0.3) is 0 Å². The summed E-state index contributed by atoms with van der Waals surface area (Å²) in [5.41, 5.74) is 6.84. The summed E-state index contributed by atoms with van der Waals surface area (Å²) in [4.78, 5) is 0. The Morgan fingerprint density at radius 3 is 2.93 bits per heavy atom. The molecular formula is C12H19BrN2. The molecule has 2 nitrogen and oxygen atoms in total. The predicted octanol–water partition coefficient (Wildman–Crippen LogP) is 2.32. The Balaban J connectivity index is 2.25. The zero-order chi connectivity index (χ0) is 11.1. The average molecular weight is 271 g/mol. The van der Waals surface area contributed by atoms with Gasteiger partial charge in [0.2, 0.25) is 0 Å². The summed E-state index contributed by atoms with van der Waals surface area (Å²) in [6, 6.07) is 8.95. The largest absolute Gasteiger partial charge is 0.330 e. The number of nitrogens with two attached hydrogens (primary N) is 1. The first-order valence-corrected chi connectivity index (χ1v) is 6.19. The molecule has 3 N–H and O–H groups in total. The molecule has 15 heavy (non-hydrogen) atoms. The molecular weight excluding hydrogens is 252 g/mol. The van der Waals surface area contributed by atoms with Crippen LogP contribution in [0, 0.1) is 0 Å². The van der Waals surface area contributed by atoms with Crippen molar-refractivity contribution in [2.75, 3.05) is 13.1 Å². The minimum absolute atomic E-state index is 0.516. The SMILES string of the molecule is CC(CCN)NCCc1cccc(Br)c1. The molecule has 0 fully saturated rings. The number of benzene rings is 1. The maximum atomic E-state index is 5.49. The van der Waals surface area contributed by atoms with Crippen molar-refractivity contribution in [2.24, 2.45) is 5.73 Å². The maximum Gasteiger partial charge on any atom is 0.0178 e. The van der Waals surface area contributed by atoms with Crippen molar-refractivity contribution in [3.8, 4) is 0 Å². The first-order chi connectivity index (χ1) is 7.22. The van der Waals surface area contributed by atoms with Gasteiger partial charge in [-0.25, -0.2) is 0 Å². The summed E-state index contributed by atoms with van der Waals surface area (Å²) < 4.78 is 1.15. The molecule has 84 valence electrons. The van der Waals surface area contributed by atoms with Crippen molar-refractivity contribution in [1.82, 2.24) is 5.32 Å². The molecule has 0 radical (unpaired) electrons. The second kappa shape index (κ2) is 6.99. The van der Waals surface area contributed by atoms with Gasteiger partial charge in [0, 0.05) is 10.5 Å². The van der Waals surface area contributed by atoms with Gasteiger partial charge in [0.05, 0.1) is 0 Å². The second-order valence-corrected chi connectivity index (χ2v) is 4.73. The average Bonchev–Trinajstić information content (AvgIpc) is 2.18. The number of hydrogen-bond acceptors (Lipinski definition) is 2. The topological polar surface area (TPSA) is 38.0 Å². The zero-order valence-corrected chi connectivity index (χ0v) is 10.8. The normalized spacial score (nSPS) is 12.7. The zero-order valence-electron chi connectivity index (χ0n) is 9.17. The minimum Gasteiger partial charge on any atom is -0.330 e. The van der Waals surface area contributed by atoms with Crippen molar-refractivity contribution in [1.29, 1.82) is 0 Å². The van der Waals surface area contributed by atoms with Crippen molar-refractivity contribution >= 4 is 15.9 Å². The van der Waals surface area contributed by atoms with Crippen molar-refractivity contribution in [3.63, 3.8) is 0 Å². The van der Waals surface area contributed by atoms with Crippen LogP contribution in [0.4, 0.5) is 0 Å². The van der Waals surface area contributed by atoms with Crippen LogP contribution in [0.3, 0.4) is 0 Å².